The molecular weight excluding hydrogens is 674 g/mol. The largest absolute Gasteiger partial charge is 0.487 e. The van der Waals surface area contributed by atoms with E-state index in [0.717, 1.165) is 68.8 Å². The fourth-order valence-corrected chi connectivity index (χ4v) is 10.0. The number of carbonyl (C=O) groups excluding carboxylic acids is 1. The van der Waals surface area contributed by atoms with Gasteiger partial charge in [-0.1, -0.05) is 31.0 Å². The normalized spacial score (nSPS) is 29.2. The molecule has 1 aliphatic carbocycles. The Labute approximate surface area is 301 Å². The molecule has 1 aromatic heterocycles. The molecule has 4 heterocycles. The van der Waals surface area contributed by atoms with Crippen LogP contribution in [0.4, 0.5) is 5.69 Å². The van der Waals surface area contributed by atoms with Crippen LogP contribution in [0.15, 0.2) is 48.8 Å². The number of amides is 1. The van der Waals surface area contributed by atoms with Crippen LogP contribution < -0.4 is 14.4 Å². The van der Waals surface area contributed by atoms with Crippen molar-refractivity contribution in [3.63, 3.8) is 0 Å². The Balaban J connectivity index is 1.24. The van der Waals surface area contributed by atoms with Crippen molar-refractivity contribution in [3.8, 4) is 5.75 Å². The number of nitrogens with one attached hydrogen (secondary N) is 1. The van der Waals surface area contributed by atoms with Gasteiger partial charge in [0.25, 0.3) is 5.91 Å². The Morgan fingerprint density at radius 1 is 1.04 bits per heavy atom. The highest BCUT2D eigenvalue weighted by Crippen LogP contribution is 2.47. The molecule has 1 saturated carbocycles. The van der Waals surface area contributed by atoms with Crippen molar-refractivity contribution in [1.82, 2.24) is 19.2 Å². The smallest absolute Gasteiger partial charge is 0.264 e. The number of β-amino-alcohol motifs (C(OH)–C–C–N with tert-alkyl or cyclic N) is 1. The molecule has 5 atom stereocenters. The standard InChI is InChI=1S/C38H50ClN5O5S/c1-26-6-5-14-38(46,25-42-18-19-43-17-15-40-36(43)23-42)33-12-9-30(33)22-44-16-4-3-7-28-20-32(39)11-8-31(28)24-49-35-13-10-29(21-34(35)44)37(45)41-50(47,48)27(26)2/h8,10-11,13,15,17,20-21,26-27,30,33,46H,3-7,9,12,14,16,18-19,22-25H2,1-2H3,(H,41,45)/t26-,27+,30-,33+,38-/m0/s1. The minimum absolute atomic E-state index is 0.0916. The molecule has 2 bridgehead atoms. The summed E-state index contributed by atoms with van der Waals surface area (Å²) in [6, 6.07) is 11.2. The summed E-state index contributed by atoms with van der Waals surface area (Å²) in [6.45, 7) is 8.35. The molecule has 3 aromatic rings. The molecule has 1 fully saturated rings. The monoisotopic (exact) mass is 723 g/mol. The lowest BCUT2D eigenvalue weighted by Gasteiger charge is -2.51. The number of rotatable bonds is 2. The van der Waals surface area contributed by atoms with Crippen molar-refractivity contribution in [1.29, 1.82) is 0 Å². The third kappa shape index (κ3) is 7.43. The van der Waals surface area contributed by atoms with Crippen molar-refractivity contribution >= 4 is 33.2 Å². The van der Waals surface area contributed by atoms with Crippen LogP contribution in [-0.4, -0.2) is 70.9 Å². The van der Waals surface area contributed by atoms with Gasteiger partial charge in [-0.3, -0.25) is 9.69 Å². The maximum Gasteiger partial charge on any atom is 0.264 e. The molecule has 2 N–H and O–H groups in total. The predicted octanol–water partition coefficient (Wildman–Crippen LogP) is 5.80. The van der Waals surface area contributed by atoms with Gasteiger partial charge >= 0.3 is 0 Å². The van der Waals surface area contributed by atoms with Gasteiger partial charge in [-0.2, -0.15) is 0 Å². The van der Waals surface area contributed by atoms with Crippen molar-refractivity contribution in [2.45, 2.75) is 95.8 Å². The molecule has 0 radical (unpaired) electrons. The van der Waals surface area contributed by atoms with E-state index in [9.17, 15) is 18.3 Å². The van der Waals surface area contributed by atoms with Gasteiger partial charge in [0.15, 0.2) is 0 Å². The molecule has 0 unspecified atom stereocenters. The van der Waals surface area contributed by atoms with Gasteiger partial charge in [0.05, 0.1) is 23.1 Å². The maximum absolute atomic E-state index is 13.5. The van der Waals surface area contributed by atoms with Gasteiger partial charge < -0.3 is 19.3 Å². The second-order valence-corrected chi connectivity index (χ2v) is 17.6. The van der Waals surface area contributed by atoms with Crippen molar-refractivity contribution in [3.05, 3.63) is 76.3 Å². The fourth-order valence-electron chi connectivity index (χ4n) is 8.54. The number of anilines is 1. The van der Waals surface area contributed by atoms with E-state index < -0.39 is 26.8 Å². The zero-order chi connectivity index (χ0) is 35.0. The first-order valence-electron chi connectivity index (χ1n) is 18.3. The summed E-state index contributed by atoms with van der Waals surface area (Å²) >= 11 is 6.38. The molecule has 10 nitrogen and oxygen atoms in total. The summed E-state index contributed by atoms with van der Waals surface area (Å²) in [7, 11) is -3.95. The minimum atomic E-state index is -3.95. The van der Waals surface area contributed by atoms with Gasteiger partial charge in [0.2, 0.25) is 10.0 Å². The zero-order valence-electron chi connectivity index (χ0n) is 29.2. The van der Waals surface area contributed by atoms with E-state index in [1.807, 2.05) is 37.5 Å². The number of aromatic nitrogens is 2. The number of halogens is 1. The first kappa shape index (κ1) is 35.3. The van der Waals surface area contributed by atoms with Crippen LogP contribution in [0, 0.1) is 17.8 Å². The molecule has 1 amide bonds. The van der Waals surface area contributed by atoms with Crippen LogP contribution in [0.1, 0.15) is 86.1 Å². The Morgan fingerprint density at radius 2 is 1.90 bits per heavy atom. The first-order valence-corrected chi connectivity index (χ1v) is 20.2. The summed E-state index contributed by atoms with van der Waals surface area (Å²) in [5.74, 6) is 1.17. The van der Waals surface area contributed by atoms with Gasteiger partial charge in [-0.25, -0.2) is 18.1 Å². The minimum Gasteiger partial charge on any atom is -0.487 e. The van der Waals surface area contributed by atoms with Crippen LogP contribution in [0.2, 0.25) is 5.02 Å². The number of carbonyl (C=O) groups is 1. The van der Waals surface area contributed by atoms with Crippen molar-refractivity contribution in [2.75, 3.05) is 31.1 Å². The number of sulfonamides is 1. The lowest BCUT2D eigenvalue weighted by atomic mass is 9.62. The number of hydrogen-bond donors (Lipinski definition) is 2. The molecule has 12 heteroatoms. The van der Waals surface area contributed by atoms with Crippen LogP contribution >= 0.6 is 11.6 Å². The summed E-state index contributed by atoms with van der Waals surface area (Å²) in [6.07, 6.45) is 10.5. The second-order valence-electron chi connectivity index (χ2n) is 15.1. The molecule has 50 heavy (non-hydrogen) atoms. The van der Waals surface area contributed by atoms with Crippen LogP contribution in [0.5, 0.6) is 5.75 Å². The van der Waals surface area contributed by atoms with E-state index in [-0.39, 0.29) is 23.3 Å². The third-order valence-electron chi connectivity index (χ3n) is 11.9. The number of aliphatic hydroxyl groups is 1. The molecule has 2 aromatic carbocycles. The van der Waals surface area contributed by atoms with E-state index in [4.69, 9.17) is 16.3 Å². The van der Waals surface area contributed by atoms with E-state index in [1.165, 1.54) is 5.56 Å². The number of benzene rings is 2. The van der Waals surface area contributed by atoms with E-state index in [2.05, 4.69) is 24.1 Å². The molecule has 0 saturated heterocycles. The Bertz CT molecular complexity index is 1820. The maximum atomic E-state index is 13.5. The van der Waals surface area contributed by atoms with Crippen molar-refractivity contribution in [2.24, 2.45) is 17.8 Å². The van der Waals surface area contributed by atoms with Gasteiger partial charge in [0, 0.05) is 55.7 Å². The van der Waals surface area contributed by atoms with E-state index in [0.29, 0.717) is 56.3 Å². The van der Waals surface area contributed by atoms with Crippen molar-refractivity contribution < 1.29 is 23.1 Å². The number of nitrogens with zero attached hydrogens (tertiary/aromatic N) is 4. The summed E-state index contributed by atoms with van der Waals surface area (Å²) in [4.78, 5) is 22.8. The third-order valence-corrected chi connectivity index (χ3v) is 14.1. The fraction of sp³-hybridized carbons (Fsp3) is 0.579. The number of ether oxygens (including phenoxy) is 1. The second kappa shape index (κ2) is 14.5. The topological polar surface area (TPSA) is 117 Å². The summed E-state index contributed by atoms with van der Waals surface area (Å²) in [5, 5.41) is 12.6. The Hall–Kier alpha value is -3.12. The molecule has 7 rings (SSSR count). The first-order chi connectivity index (χ1) is 24.0. The number of imidazole rings is 1. The van der Waals surface area contributed by atoms with E-state index >= 15 is 0 Å². The van der Waals surface area contributed by atoms with Gasteiger partial charge in [-0.05, 0) is 111 Å². The number of fused-ring (bicyclic) bond motifs is 4. The molecule has 4 aliphatic rings. The predicted molar refractivity (Wildman–Crippen MR) is 195 cm³/mol. The molecule has 0 spiro atoms. The van der Waals surface area contributed by atoms with Gasteiger partial charge in [0.1, 0.15) is 18.2 Å². The molecular formula is C38H50ClN5O5S. The zero-order valence-corrected chi connectivity index (χ0v) is 30.8. The average Bonchev–Trinajstić information content (AvgIpc) is 3.53. The highest BCUT2D eigenvalue weighted by atomic mass is 35.5. The number of hydrogen-bond acceptors (Lipinski definition) is 8. The lowest BCUT2D eigenvalue weighted by Crippen LogP contribution is -2.56. The quantitative estimate of drug-likeness (QED) is 0.341. The average molecular weight is 724 g/mol. The number of aryl methyl sites for hydroxylation is 1. The summed E-state index contributed by atoms with van der Waals surface area (Å²) in [5.41, 5.74) is 2.37. The van der Waals surface area contributed by atoms with Crippen LogP contribution in [-0.2, 0) is 36.1 Å². The highest BCUT2D eigenvalue weighted by molar-refractivity contribution is 7.90. The highest BCUT2D eigenvalue weighted by Gasteiger charge is 2.48. The summed E-state index contributed by atoms with van der Waals surface area (Å²) < 4.78 is 38.1. The molecule has 3 aliphatic heterocycles. The SMILES string of the molecule is C[C@@H]1[C@@H](C)CCC[C@](O)(CN2CCn3ccnc3C2)[C@@H]2CC[C@H]2CN2CCCCc3cc(Cl)ccc3COc3ccc(cc32)C(=O)NS1(=O)=O. The Morgan fingerprint density at radius 3 is 2.72 bits per heavy atom. The van der Waals surface area contributed by atoms with Gasteiger partial charge in [-0.15, -0.1) is 0 Å². The lowest BCUT2D eigenvalue weighted by molar-refractivity contribution is -0.108. The Kier molecular flexibility index (Phi) is 10.2. The van der Waals surface area contributed by atoms with Crippen LogP contribution in [0.25, 0.3) is 0 Å². The van der Waals surface area contributed by atoms with Crippen LogP contribution in [0.3, 0.4) is 0 Å². The molecule has 270 valence electrons. The van der Waals surface area contributed by atoms with E-state index in [1.54, 1.807) is 25.1 Å².